The predicted octanol–water partition coefficient (Wildman–Crippen LogP) is 2.99. The quantitative estimate of drug-likeness (QED) is 0.482. The van der Waals surface area contributed by atoms with Gasteiger partial charge in [0, 0.05) is 7.11 Å². The highest BCUT2D eigenvalue weighted by molar-refractivity contribution is 4.99. The van der Waals surface area contributed by atoms with E-state index in [0.717, 1.165) is 25.2 Å². The van der Waals surface area contributed by atoms with Crippen molar-refractivity contribution >= 4 is 0 Å². The van der Waals surface area contributed by atoms with Gasteiger partial charge in [-0.15, -0.1) is 0 Å². The molecule has 2 atom stereocenters. The Morgan fingerprint density at radius 1 is 1.35 bits per heavy atom. The minimum absolute atomic E-state index is 0.0222. The molecule has 0 amide bonds. The normalized spacial score (nSPS) is 21.9. The average molecular weight is 242 g/mol. The maximum absolute atomic E-state index is 5.75. The average Bonchev–Trinajstić information content (AvgIpc) is 2.31. The summed E-state index contributed by atoms with van der Waals surface area (Å²) in [5.41, 5.74) is 3.03. The molecule has 0 spiro atoms. The first-order valence-electron chi connectivity index (χ1n) is 7.23. The Morgan fingerprint density at radius 2 is 2.06 bits per heavy atom. The molecule has 102 valence electrons. The first-order chi connectivity index (χ1) is 8.22. The van der Waals surface area contributed by atoms with Crippen LogP contribution in [0.2, 0.25) is 0 Å². The highest BCUT2D eigenvalue weighted by atomic mass is 16.5. The van der Waals surface area contributed by atoms with E-state index in [2.05, 4.69) is 19.3 Å². The van der Waals surface area contributed by atoms with Crippen molar-refractivity contribution in [3.05, 3.63) is 0 Å². The molecular weight excluding hydrogens is 212 g/mol. The van der Waals surface area contributed by atoms with Gasteiger partial charge in [-0.2, -0.15) is 0 Å². The fraction of sp³-hybridized carbons (Fsp3) is 1.00. The summed E-state index contributed by atoms with van der Waals surface area (Å²) in [5, 5.41) is 0. The smallest absolute Gasteiger partial charge is 0.0844 e. The standard InChI is InChI=1S/C14H30N2O/c1-4-6-8-12(5-2)11-13(16-15)14(17-3)9-7-10-14/h12-13,16H,4-11,15H2,1-3H3. The van der Waals surface area contributed by atoms with Crippen molar-refractivity contribution in [1.29, 1.82) is 0 Å². The second kappa shape index (κ2) is 7.34. The van der Waals surface area contributed by atoms with Crippen LogP contribution in [0.15, 0.2) is 0 Å². The van der Waals surface area contributed by atoms with E-state index in [9.17, 15) is 0 Å². The van der Waals surface area contributed by atoms with Crippen molar-refractivity contribution in [2.24, 2.45) is 11.8 Å². The van der Waals surface area contributed by atoms with Crippen LogP contribution >= 0.6 is 0 Å². The van der Waals surface area contributed by atoms with Gasteiger partial charge in [-0.25, -0.2) is 0 Å². The fourth-order valence-corrected chi connectivity index (χ4v) is 2.97. The van der Waals surface area contributed by atoms with Crippen molar-refractivity contribution in [2.75, 3.05) is 7.11 Å². The van der Waals surface area contributed by atoms with Gasteiger partial charge in [0.15, 0.2) is 0 Å². The maximum Gasteiger partial charge on any atom is 0.0844 e. The van der Waals surface area contributed by atoms with Gasteiger partial charge in [0.2, 0.25) is 0 Å². The van der Waals surface area contributed by atoms with E-state index >= 15 is 0 Å². The molecule has 0 saturated heterocycles. The first-order valence-corrected chi connectivity index (χ1v) is 7.23. The lowest BCUT2D eigenvalue weighted by atomic mass is 9.71. The van der Waals surface area contributed by atoms with E-state index in [4.69, 9.17) is 10.6 Å². The van der Waals surface area contributed by atoms with Gasteiger partial charge in [-0.1, -0.05) is 39.5 Å². The zero-order valence-corrected chi connectivity index (χ0v) is 11.8. The molecule has 0 bridgehead atoms. The molecule has 0 aliphatic heterocycles. The third-order valence-corrected chi connectivity index (χ3v) is 4.55. The van der Waals surface area contributed by atoms with Crippen LogP contribution in [-0.2, 0) is 4.74 Å². The highest BCUT2D eigenvalue weighted by Gasteiger charge is 2.44. The van der Waals surface area contributed by atoms with Gasteiger partial charge in [-0.05, 0) is 31.6 Å². The molecule has 3 heteroatoms. The first kappa shape index (κ1) is 14.9. The lowest BCUT2D eigenvalue weighted by Crippen LogP contribution is -2.58. The van der Waals surface area contributed by atoms with Crippen LogP contribution in [-0.4, -0.2) is 18.8 Å². The monoisotopic (exact) mass is 242 g/mol. The van der Waals surface area contributed by atoms with Crippen molar-refractivity contribution in [3.8, 4) is 0 Å². The molecule has 0 aromatic carbocycles. The lowest BCUT2D eigenvalue weighted by molar-refractivity contribution is -0.103. The molecule has 2 unspecified atom stereocenters. The number of nitrogens with one attached hydrogen (secondary N) is 1. The van der Waals surface area contributed by atoms with Gasteiger partial charge in [0.05, 0.1) is 11.6 Å². The molecule has 3 N–H and O–H groups in total. The van der Waals surface area contributed by atoms with E-state index in [1.807, 2.05) is 7.11 Å². The molecule has 0 aromatic heterocycles. The molecule has 17 heavy (non-hydrogen) atoms. The molecule has 3 nitrogen and oxygen atoms in total. The summed E-state index contributed by atoms with van der Waals surface area (Å²) in [6.07, 6.45) is 9.93. The van der Waals surface area contributed by atoms with Gasteiger partial charge in [0.25, 0.3) is 0 Å². The van der Waals surface area contributed by atoms with Crippen LogP contribution in [0, 0.1) is 5.92 Å². The molecular formula is C14H30N2O. The molecule has 1 aliphatic carbocycles. The van der Waals surface area contributed by atoms with Crippen molar-refractivity contribution in [2.45, 2.75) is 76.9 Å². The minimum atomic E-state index is 0.0222. The van der Waals surface area contributed by atoms with Crippen LogP contribution in [0.3, 0.4) is 0 Å². The summed E-state index contributed by atoms with van der Waals surface area (Å²) in [5.74, 6) is 6.53. The molecule has 0 radical (unpaired) electrons. The Balaban J connectivity index is 2.49. The maximum atomic E-state index is 5.75. The van der Waals surface area contributed by atoms with Gasteiger partial charge >= 0.3 is 0 Å². The van der Waals surface area contributed by atoms with Crippen LogP contribution in [0.1, 0.15) is 65.2 Å². The Hall–Kier alpha value is -0.120. The van der Waals surface area contributed by atoms with Gasteiger partial charge < -0.3 is 4.74 Å². The van der Waals surface area contributed by atoms with Crippen LogP contribution in [0.5, 0.6) is 0 Å². The summed E-state index contributed by atoms with van der Waals surface area (Å²) in [6, 6.07) is 0.322. The number of hydrazine groups is 1. The number of methoxy groups -OCH3 is 1. The Morgan fingerprint density at radius 3 is 2.41 bits per heavy atom. The van der Waals surface area contributed by atoms with Crippen LogP contribution < -0.4 is 11.3 Å². The Bertz CT molecular complexity index is 199. The van der Waals surface area contributed by atoms with Crippen molar-refractivity contribution < 1.29 is 4.74 Å². The topological polar surface area (TPSA) is 47.3 Å². The number of rotatable bonds is 9. The van der Waals surface area contributed by atoms with E-state index < -0.39 is 0 Å². The molecule has 0 aromatic rings. The second-order valence-electron chi connectivity index (χ2n) is 5.49. The van der Waals surface area contributed by atoms with Gasteiger partial charge in [0.1, 0.15) is 0 Å². The van der Waals surface area contributed by atoms with E-state index in [-0.39, 0.29) is 5.60 Å². The fourth-order valence-electron chi connectivity index (χ4n) is 2.97. The Labute approximate surface area is 106 Å². The van der Waals surface area contributed by atoms with E-state index in [1.54, 1.807) is 0 Å². The van der Waals surface area contributed by atoms with Crippen molar-refractivity contribution in [1.82, 2.24) is 5.43 Å². The number of nitrogens with two attached hydrogens (primary N) is 1. The number of hydrogen-bond donors (Lipinski definition) is 2. The summed E-state index contributed by atoms with van der Waals surface area (Å²) in [4.78, 5) is 0. The van der Waals surface area contributed by atoms with Crippen molar-refractivity contribution in [3.63, 3.8) is 0 Å². The predicted molar refractivity (Wildman–Crippen MR) is 72.6 cm³/mol. The molecule has 1 aliphatic rings. The number of unbranched alkanes of at least 4 members (excludes halogenated alkanes) is 1. The summed E-state index contributed by atoms with van der Waals surface area (Å²) in [7, 11) is 1.83. The third kappa shape index (κ3) is 3.67. The van der Waals surface area contributed by atoms with E-state index in [1.165, 1.54) is 32.1 Å². The lowest BCUT2D eigenvalue weighted by Gasteiger charge is -2.47. The SMILES string of the molecule is CCCCC(CC)CC(NN)C1(OC)CCC1. The summed E-state index contributed by atoms with van der Waals surface area (Å²) in [6.45, 7) is 4.54. The van der Waals surface area contributed by atoms with Gasteiger partial charge in [-0.3, -0.25) is 11.3 Å². The zero-order chi connectivity index (χ0) is 12.7. The zero-order valence-electron chi connectivity index (χ0n) is 11.8. The third-order valence-electron chi connectivity index (χ3n) is 4.55. The second-order valence-corrected chi connectivity index (χ2v) is 5.49. The number of ether oxygens (including phenoxy) is 1. The highest BCUT2D eigenvalue weighted by Crippen LogP contribution is 2.40. The molecule has 1 rings (SSSR count). The molecule has 1 saturated carbocycles. The minimum Gasteiger partial charge on any atom is -0.377 e. The molecule has 0 heterocycles. The van der Waals surface area contributed by atoms with Crippen LogP contribution in [0.25, 0.3) is 0 Å². The summed E-state index contributed by atoms with van der Waals surface area (Å²) < 4.78 is 5.73. The Kier molecular flexibility index (Phi) is 6.45. The summed E-state index contributed by atoms with van der Waals surface area (Å²) >= 11 is 0. The molecule has 1 fully saturated rings. The number of hydrogen-bond acceptors (Lipinski definition) is 3. The van der Waals surface area contributed by atoms with Crippen LogP contribution in [0.4, 0.5) is 0 Å². The van der Waals surface area contributed by atoms with E-state index in [0.29, 0.717) is 6.04 Å². The largest absolute Gasteiger partial charge is 0.377 e.